The Morgan fingerprint density at radius 2 is 2.20 bits per heavy atom. The van der Waals surface area contributed by atoms with E-state index in [4.69, 9.17) is 15.2 Å². The second-order valence-corrected chi connectivity index (χ2v) is 3.42. The lowest BCUT2D eigenvalue weighted by Gasteiger charge is -2.21. The molecule has 2 N–H and O–H groups in total. The highest BCUT2D eigenvalue weighted by Crippen LogP contribution is 2.04. The molecule has 1 heterocycles. The van der Waals surface area contributed by atoms with Crippen molar-refractivity contribution >= 4 is 0 Å². The molecule has 1 aromatic heterocycles. The van der Waals surface area contributed by atoms with E-state index in [0.29, 0.717) is 13.0 Å². The van der Waals surface area contributed by atoms with Crippen LogP contribution in [0.4, 0.5) is 0 Å². The summed E-state index contributed by atoms with van der Waals surface area (Å²) in [7, 11) is 3.28. The van der Waals surface area contributed by atoms with Gasteiger partial charge in [-0.15, -0.1) is 0 Å². The highest BCUT2D eigenvalue weighted by molar-refractivity contribution is 5.05. The van der Waals surface area contributed by atoms with Crippen LogP contribution in [-0.2, 0) is 15.9 Å². The minimum absolute atomic E-state index is 0.0861. The molecule has 4 heteroatoms. The van der Waals surface area contributed by atoms with Gasteiger partial charge in [0.2, 0.25) is 0 Å². The number of nitrogens with two attached hydrogens (primary N) is 1. The van der Waals surface area contributed by atoms with Crippen LogP contribution < -0.4 is 5.73 Å². The molecule has 4 nitrogen and oxygen atoms in total. The van der Waals surface area contributed by atoms with Crippen LogP contribution in [0.1, 0.15) is 5.69 Å². The van der Waals surface area contributed by atoms with Gasteiger partial charge in [0.05, 0.1) is 12.7 Å². The SMILES string of the molecule is COCC(OC)C(N)Cc1ccccn1. The fourth-order valence-corrected chi connectivity index (χ4v) is 1.42. The van der Waals surface area contributed by atoms with E-state index in [1.54, 1.807) is 20.4 Å². The Morgan fingerprint density at radius 3 is 2.73 bits per heavy atom. The lowest BCUT2D eigenvalue weighted by atomic mass is 10.1. The summed E-state index contributed by atoms with van der Waals surface area (Å²) in [5.74, 6) is 0. The van der Waals surface area contributed by atoms with Crippen molar-refractivity contribution in [3.8, 4) is 0 Å². The first-order chi connectivity index (χ1) is 7.27. The first-order valence-electron chi connectivity index (χ1n) is 4.95. The van der Waals surface area contributed by atoms with Gasteiger partial charge in [0.1, 0.15) is 0 Å². The summed E-state index contributed by atoms with van der Waals surface area (Å²) >= 11 is 0. The summed E-state index contributed by atoms with van der Waals surface area (Å²) in [6, 6.07) is 5.70. The standard InChI is InChI=1S/C11H18N2O2/c1-14-8-11(15-2)10(12)7-9-5-3-4-6-13-9/h3-6,10-11H,7-8,12H2,1-2H3. The summed E-state index contributed by atoms with van der Waals surface area (Å²) in [4.78, 5) is 4.22. The summed E-state index contributed by atoms with van der Waals surface area (Å²) < 4.78 is 10.3. The van der Waals surface area contributed by atoms with Crippen molar-refractivity contribution in [1.29, 1.82) is 0 Å². The summed E-state index contributed by atoms with van der Waals surface area (Å²) in [6.45, 7) is 0.504. The molecule has 1 aromatic rings. The monoisotopic (exact) mass is 210 g/mol. The number of rotatable bonds is 6. The zero-order valence-electron chi connectivity index (χ0n) is 9.22. The molecule has 84 valence electrons. The molecule has 0 saturated heterocycles. The van der Waals surface area contributed by atoms with Gasteiger partial charge in [-0.05, 0) is 12.1 Å². The average molecular weight is 210 g/mol. The minimum Gasteiger partial charge on any atom is -0.382 e. The van der Waals surface area contributed by atoms with Crippen LogP contribution in [0.15, 0.2) is 24.4 Å². The first kappa shape index (κ1) is 12.1. The molecular weight excluding hydrogens is 192 g/mol. The molecule has 0 saturated carbocycles. The van der Waals surface area contributed by atoms with Gasteiger partial charge in [-0.25, -0.2) is 0 Å². The van der Waals surface area contributed by atoms with Crippen molar-refractivity contribution in [2.45, 2.75) is 18.6 Å². The van der Waals surface area contributed by atoms with Crippen LogP contribution in [0.5, 0.6) is 0 Å². The molecule has 0 radical (unpaired) electrons. The zero-order chi connectivity index (χ0) is 11.1. The van der Waals surface area contributed by atoms with Crippen molar-refractivity contribution in [3.05, 3.63) is 30.1 Å². The fourth-order valence-electron chi connectivity index (χ4n) is 1.42. The van der Waals surface area contributed by atoms with Crippen molar-refractivity contribution in [1.82, 2.24) is 4.98 Å². The van der Waals surface area contributed by atoms with Crippen LogP contribution in [0.3, 0.4) is 0 Å². The van der Waals surface area contributed by atoms with Gasteiger partial charge in [0.25, 0.3) is 0 Å². The largest absolute Gasteiger partial charge is 0.382 e. The van der Waals surface area contributed by atoms with Crippen LogP contribution in [-0.4, -0.2) is 38.0 Å². The van der Waals surface area contributed by atoms with Crippen LogP contribution in [0.2, 0.25) is 0 Å². The Morgan fingerprint density at radius 1 is 1.40 bits per heavy atom. The molecule has 0 amide bonds. The second kappa shape index (κ2) is 6.50. The lowest BCUT2D eigenvalue weighted by molar-refractivity contribution is 0.0129. The number of nitrogens with zero attached hydrogens (tertiary/aromatic N) is 1. The molecule has 0 aliphatic carbocycles. The molecule has 0 aliphatic heterocycles. The summed E-state index contributed by atoms with van der Waals surface area (Å²) in [6.07, 6.45) is 2.38. The van der Waals surface area contributed by atoms with E-state index in [9.17, 15) is 0 Å². The third-order valence-corrected chi connectivity index (χ3v) is 2.28. The number of pyridine rings is 1. The number of methoxy groups -OCH3 is 2. The maximum Gasteiger partial charge on any atom is 0.0958 e. The Hall–Kier alpha value is -0.970. The van der Waals surface area contributed by atoms with Gasteiger partial charge in [0.15, 0.2) is 0 Å². The number of hydrogen-bond donors (Lipinski definition) is 1. The zero-order valence-corrected chi connectivity index (χ0v) is 9.22. The predicted octanol–water partition coefficient (Wildman–Crippen LogP) is 0.613. The molecular formula is C11H18N2O2. The quantitative estimate of drug-likeness (QED) is 0.747. The van der Waals surface area contributed by atoms with Crippen molar-refractivity contribution in [3.63, 3.8) is 0 Å². The van der Waals surface area contributed by atoms with Gasteiger partial charge in [-0.2, -0.15) is 0 Å². The average Bonchev–Trinajstić information content (AvgIpc) is 2.27. The third kappa shape index (κ3) is 3.95. The molecule has 2 atom stereocenters. The molecule has 0 bridgehead atoms. The van der Waals surface area contributed by atoms with E-state index >= 15 is 0 Å². The molecule has 0 fully saturated rings. The summed E-state index contributed by atoms with van der Waals surface area (Å²) in [5.41, 5.74) is 6.98. The highest BCUT2D eigenvalue weighted by atomic mass is 16.5. The van der Waals surface area contributed by atoms with Crippen molar-refractivity contribution in [2.75, 3.05) is 20.8 Å². The van der Waals surface area contributed by atoms with E-state index in [2.05, 4.69) is 4.98 Å². The highest BCUT2D eigenvalue weighted by Gasteiger charge is 2.17. The lowest BCUT2D eigenvalue weighted by Crippen LogP contribution is -2.41. The summed E-state index contributed by atoms with van der Waals surface area (Å²) in [5, 5.41) is 0. The molecule has 0 spiro atoms. The normalized spacial score (nSPS) is 14.9. The van der Waals surface area contributed by atoms with Gasteiger partial charge in [-0.3, -0.25) is 4.98 Å². The van der Waals surface area contributed by atoms with Gasteiger partial charge >= 0.3 is 0 Å². The molecule has 0 aliphatic rings. The van der Waals surface area contributed by atoms with Crippen molar-refractivity contribution < 1.29 is 9.47 Å². The molecule has 2 unspecified atom stereocenters. The predicted molar refractivity (Wildman–Crippen MR) is 58.6 cm³/mol. The van der Waals surface area contributed by atoms with Crippen LogP contribution >= 0.6 is 0 Å². The third-order valence-electron chi connectivity index (χ3n) is 2.28. The Balaban J connectivity index is 2.50. The smallest absolute Gasteiger partial charge is 0.0958 e. The van der Waals surface area contributed by atoms with Gasteiger partial charge < -0.3 is 15.2 Å². The van der Waals surface area contributed by atoms with Crippen molar-refractivity contribution in [2.24, 2.45) is 5.73 Å². The van der Waals surface area contributed by atoms with Crippen LogP contribution in [0, 0.1) is 0 Å². The van der Waals surface area contributed by atoms with Gasteiger partial charge in [0, 0.05) is 38.6 Å². The Labute approximate surface area is 90.4 Å². The maximum absolute atomic E-state index is 6.00. The van der Waals surface area contributed by atoms with Crippen LogP contribution in [0.25, 0.3) is 0 Å². The maximum atomic E-state index is 6.00. The Bertz CT molecular complexity index is 267. The Kier molecular flexibility index (Phi) is 5.25. The van der Waals surface area contributed by atoms with E-state index in [1.165, 1.54) is 0 Å². The number of ether oxygens (including phenoxy) is 2. The van der Waals surface area contributed by atoms with E-state index in [0.717, 1.165) is 5.69 Å². The topological polar surface area (TPSA) is 57.4 Å². The second-order valence-electron chi connectivity index (χ2n) is 3.42. The molecule has 0 aromatic carbocycles. The number of aromatic nitrogens is 1. The van der Waals surface area contributed by atoms with E-state index in [-0.39, 0.29) is 12.1 Å². The van der Waals surface area contributed by atoms with Gasteiger partial charge in [-0.1, -0.05) is 6.07 Å². The minimum atomic E-state index is -0.0927. The fraction of sp³-hybridized carbons (Fsp3) is 0.545. The molecule has 1 rings (SSSR count). The number of hydrogen-bond acceptors (Lipinski definition) is 4. The molecule has 15 heavy (non-hydrogen) atoms. The van der Waals surface area contributed by atoms with E-state index in [1.807, 2.05) is 18.2 Å². The van der Waals surface area contributed by atoms with E-state index < -0.39 is 0 Å². The first-order valence-corrected chi connectivity index (χ1v) is 4.95.